The monoisotopic (exact) mass is 422 g/mol. The van der Waals surface area contributed by atoms with Gasteiger partial charge in [-0.05, 0) is 42.7 Å². The van der Waals surface area contributed by atoms with Crippen LogP contribution in [0.5, 0.6) is 0 Å². The van der Waals surface area contributed by atoms with Crippen molar-refractivity contribution in [1.82, 2.24) is 10.2 Å². The molecule has 0 spiro atoms. The summed E-state index contributed by atoms with van der Waals surface area (Å²) in [5, 5.41) is 2.92. The van der Waals surface area contributed by atoms with Crippen molar-refractivity contribution >= 4 is 23.2 Å². The first-order chi connectivity index (χ1) is 14.5. The van der Waals surface area contributed by atoms with E-state index in [0.29, 0.717) is 36.5 Å². The van der Waals surface area contributed by atoms with Crippen LogP contribution >= 0.6 is 11.3 Å². The minimum absolute atomic E-state index is 0.0236. The second-order valence-corrected chi connectivity index (χ2v) is 8.82. The first-order valence-electron chi connectivity index (χ1n) is 9.98. The van der Waals surface area contributed by atoms with Gasteiger partial charge in [0.1, 0.15) is 5.82 Å². The summed E-state index contributed by atoms with van der Waals surface area (Å²) < 4.78 is 14.0. The van der Waals surface area contributed by atoms with E-state index >= 15 is 0 Å². The number of carbonyl (C=O) groups is 2. The van der Waals surface area contributed by atoms with E-state index in [4.69, 9.17) is 0 Å². The fraction of sp³-hybridized carbons (Fsp3) is 0.250. The third-order valence-corrected chi connectivity index (χ3v) is 6.34. The Hall–Kier alpha value is -2.99. The maximum Gasteiger partial charge on any atom is 0.264 e. The van der Waals surface area contributed by atoms with Gasteiger partial charge in [-0.2, -0.15) is 0 Å². The van der Waals surface area contributed by atoms with Crippen molar-refractivity contribution in [2.75, 3.05) is 19.6 Å². The van der Waals surface area contributed by atoms with Gasteiger partial charge in [0.25, 0.3) is 5.91 Å². The number of benzene rings is 2. The number of thiophene rings is 1. The molecule has 1 aliphatic heterocycles. The average molecular weight is 423 g/mol. The Morgan fingerprint density at radius 1 is 1.13 bits per heavy atom. The van der Waals surface area contributed by atoms with Crippen LogP contribution in [0.3, 0.4) is 0 Å². The van der Waals surface area contributed by atoms with E-state index in [-0.39, 0.29) is 23.5 Å². The SMILES string of the molecule is Cc1ccc(C(=O)N2CCNC(=O)[C@H](Cc3ccc(-c4ccccc4F)cc3)C2)s1. The van der Waals surface area contributed by atoms with Gasteiger partial charge >= 0.3 is 0 Å². The molecule has 6 heteroatoms. The summed E-state index contributed by atoms with van der Waals surface area (Å²) in [7, 11) is 0. The number of carbonyl (C=O) groups excluding carboxylic acids is 2. The van der Waals surface area contributed by atoms with Gasteiger partial charge in [0.05, 0.1) is 10.8 Å². The second-order valence-electron chi connectivity index (χ2n) is 7.53. The summed E-state index contributed by atoms with van der Waals surface area (Å²) in [5.41, 5.74) is 2.34. The number of hydrogen-bond acceptors (Lipinski definition) is 3. The van der Waals surface area contributed by atoms with E-state index in [1.165, 1.54) is 17.4 Å². The standard InChI is InChI=1S/C24H23FN2O2S/c1-16-6-11-22(30-16)24(29)27-13-12-26-23(28)19(15-27)14-17-7-9-18(10-8-17)20-4-2-3-5-21(20)25/h2-11,19H,12-15H2,1H3,(H,26,28)/t19-/m1/s1. The molecule has 2 heterocycles. The quantitative estimate of drug-likeness (QED) is 0.682. The molecule has 1 N–H and O–H groups in total. The number of amides is 2. The van der Waals surface area contributed by atoms with Gasteiger partial charge in [-0.25, -0.2) is 4.39 Å². The molecular weight excluding hydrogens is 399 g/mol. The summed E-state index contributed by atoms with van der Waals surface area (Å²) in [6.45, 7) is 3.32. The summed E-state index contributed by atoms with van der Waals surface area (Å²) in [6, 6.07) is 18.1. The summed E-state index contributed by atoms with van der Waals surface area (Å²) in [6.07, 6.45) is 0.524. The molecule has 0 bridgehead atoms. The molecule has 1 atom stereocenters. The van der Waals surface area contributed by atoms with Crippen LogP contribution in [0.4, 0.5) is 4.39 Å². The van der Waals surface area contributed by atoms with Crippen LogP contribution in [0.15, 0.2) is 60.7 Å². The molecule has 30 heavy (non-hydrogen) atoms. The average Bonchev–Trinajstić information content (AvgIpc) is 3.10. The molecule has 0 radical (unpaired) electrons. The van der Waals surface area contributed by atoms with E-state index in [1.54, 1.807) is 17.0 Å². The highest BCUT2D eigenvalue weighted by Gasteiger charge is 2.28. The largest absolute Gasteiger partial charge is 0.354 e. The lowest BCUT2D eigenvalue weighted by atomic mass is 9.96. The first-order valence-corrected chi connectivity index (χ1v) is 10.8. The Labute approximate surface area is 179 Å². The van der Waals surface area contributed by atoms with Crippen LogP contribution in [-0.2, 0) is 11.2 Å². The normalized spacial score (nSPS) is 16.8. The van der Waals surface area contributed by atoms with Crippen LogP contribution in [-0.4, -0.2) is 36.3 Å². The molecule has 0 aliphatic carbocycles. The highest BCUT2D eigenvalue weighted by molar-refractivity contribution is 7.13. The zero-order valence-corrected chi connectivity index (χ0v) is 17.5. The Balaban J connectivity index is 1.49. The van der Waals surface area contributed by atoms with Gasteiger partial charge in [-0.15, -0.1) is 11.3 Å². The summed E-state index contributed by atoms with van der Waals surface area (Å²) >= 11 is 1.48. The van der Waals surface area contributed by atoms with E-state index in [2.05, 4.69) is 5.32 Å². The maximum atomic E-state index is 14.0. The highest BCUT2D eigenvalue weighted by Crippen LogP contribution is 2.24. The molecule has 2 aromatic carbocycles. The second kappa shape index (κ2) is 8.79. The predicted molar refractivity (Wildman–Crippen MR) is 117 cm³/mol. The fourth-order valence-corrected chi connectivity index (χ4v) is 4.58. The van der Waals surface area contributed by atoms with Crippen LogP contribution < -0.4 is 5.32 Å². The number of nitrogens with zero attached hydrogens (tertiary/aromatic N) is 1. The molecule has 3 aromatic rings. The van der Waals surface area contributed by atoms with Crippen molar-refractivity contribution < 1.29 is 14.0 Å². The Morgan fingerprint density at radius 3 is 2.60 bits per heavy atom. The lowest BCUT2D eigenvalue weighted by molar-refractivity contribution is -0.124. The van der Waals surface area contributed by atoms with E-state index in [0.717, 1.165) is 16.0 Å². The first kappa shape index (κ1) is 20.3. The zero-order valence-electron chi connectivity index (χ0n) is 16.7. The van der Waals surface area contributed by atoms with Crippen molar-refractivity contribution in [3.63, 3.8) is 0 Å². The molecule has 2 amide bonds. The number of hydrogen-bond donors (Lipinski definition) is 1. The molecule has 1 aromatic heterocycles. The van der Waals surface area contributed by atoms with Gasteiger partial charge in [-0.3, -0.25) is 9.59 Å². The Kier molecular flexibility index (Phi) is 5.95. The minimum atomic E-state index is -0.322. The summed E-state index contributed by atoms with van der Waals surface area (Å²) in [4.78, 5) is 29.0. The van der Waals surface area contributed by atoms with Gasteiger partial charge in [0.15, 0.2) is 0 Å². The molecular formula is C24H23FN2O2S. The number of nitrogens with one attached hydrogen (secondary N) is 1. The molecule has 154 valence electrons. The molecule has 0 unspecified atom stereocenters. The lowest BCUT2D eigenvalue weighted by Crippen LogP contribution is -2.37. The van der Waals surface area contributed by atoms with Crippen LogP contribution in [0.1, 0.15) is 20.1 Å². The summed E-state index contributed by atoms with van der Waals surface area (Å²) in [5.74, 6) is -0.640. The van der Waals surface area contributed by atoms with Crippen molar-refractivity contribution in [3.8, 4) is 11.1 Å². The van der Waals surface area contributed by atoms with Gasteiger partial charge in [0, 0.05) is 30.1 Å². The molecule has 1 saturated heterocycles. The van der Waals surface area contributed by atoms with Crippen molar-refractivity contribution in [1.29, 1.82) is 0 Å². The van der Waals surface area contributed by atoms with Crippen LogP contribution in [0.2, 0.25) is 0 Å². The van der Waals surface area contributed by atoms with Crippen molar-refractivity contribution in [2.45, 2.75) is 13.3 Å². The topological polar surface area (TPSA) is 49.4 Å². The third kappa shape index (κ3) is 4.44. The maximum absolute atomic E-state index is 14.0. The highest BCUT2D eigenvalue weighted by atomic mass is 32.1. The third-order valence-electron chi connectivity index (χ3n) is 5.35. The van der Waals surface area contributed by atoms with E-state index in [1.807, 2.05) is 49.4 Å². The van der Waals surface area contributed by atoms with Crippen molar-refractivity contribution in [2.24, 2.45) is 5.92 Å². The smallest absolute Gasteiger partial charge is 0.264 e. The van der Waals surface area contributed by atoms with E-state index < -0.39 is 0 Å². The van der Waals surface area contributed by atoms with E-state index in [9.17, 15) is 14.0 Å². The molecule has 0 saturated carbocycles. The van der Waals surface area contributed by atoms with Gasteiger partial charge in [0.2, 0.25) is 5.91 Å². The number of aryl methyl sites for hydroxylation is 1. The Bertz CT molecular complexity index is 1060. The zero-order chi connectivity index (χ0) is 21.1. The fourth-order valence-electron chi connectivity index (χ4n) is 3.75. The Morgan fingerprint density at radius 2 is 1.90 bits per heavy atom. The van der Waals surface area contributed by atoms with Gasteiger partial charge in [-0.1, -0.05) is 42.5 Å². The lowest BCUT2D eigenvalue weighted by Gasteiger charge is -2.22. The predicted octanol–water partition coefficient (Wildman–Crippen LogP) is 4.29. The molecule has 1 aliphatic rings. The number of halogens is 1. The minimum Gasteiger partial charge on any atom is -0.354 e. The van der Waals surface area contributed by atoms with Crippen molar-refractivity contribution in [3.05, 3.63) is 81.8 Å². The molecule has 4 nitrogen and oxygen atoms in total. The number of rotatable bonds is 4. The molecule has 4 rings (SSSR count). The molecule has 1 fully saturated rings. The van der Waals surface area contributed by atoms with Crippen LogP contribution in [0, 0.1) is 18.7 Å². The van der Waals surface area contributed by atoms with Gasteiger partial charge < -0.3 is 10.2 Å². The van der Waals surface area contributed by atoms with Crippen LogP contribution in [0.25, 0.3) is 11.1 Å².